The van der Waals surface area contributed by atoms with Crippen LogP contribution < -0.4 is 5.73 Å². The fourth-order valence-corrected chi connectivity index (χ4v) is 1.06. The molecule has 0 saturated heterocycles. The third-order valence-corrected chi connectivity index (χ3v) is 1.77. The number of carbonyl (C=O) groups is 1. The summed E-state index contributed by atoms with van der Waals surface area (Å²) < 4.78 is 1.61. The van der Waals surface area contributed by atoms with Crippen molar-refractivity contribution in [2.45, 2.75) is 19.9 Å². The standard InChI is InChI=1S/C8H10N4O/c1-5(3-9)12-4-7(8(10)13)11-6(12)2/h4-5H,1-2H3,(H2,10,13). The van der Waals surface area contributed by atoms with Crippen molar-refractivity contribution in [3.05, 3.63) is 17.7 Å². The van der Waals surface area contributed by atoms with Crippen LogP contribution in [0.15, 0.2) is 6.20 Å². The van der Waals surface area contributed by atoms with E-state index >= 15 is 0 Å². The van der Waals surface area contributed by atoms with Crippen molar-refractivity contribution in [1.29, 1.82) is 5.26 Å². The number of aromatic nitrogens is 2. The van der Waals surface area contributed by atoms with E-state index in [9.17, 15) is 4.79 Å². The van der Waals surface area contributed by atoms with Gasteiger partial charge in [0.15, 0.2) is 0 Å². The zero-order chi connectivity index (χ0) is 10.0. The Morgan fingerprint density at radius 2 is 2.46 bits per heavy atom. The van der Waals surface area contributed by atoms with Gasteiger partial charge in [0.25, 0.3) is 5.91 Å². The minimum Gasteiger partial charge on any atom is -0.364 e. The molecule has 1 amide bonds. The maximum absolute atomic E-state index is 10.7. The fourth-order valence-electron chi connectivity index (χ4n) is 1.06. The van der Waals surface area contributed by atoms with Crippen molar-refractivity contribution < 1.29 is 4.79 Å². The van der Waals surface area contributed by atoms with Crippen molar-refractivity contribution in [3.8, 4) is 6.07 Å². The average molecular weight is 178 g/mol. The van der Waals surface area contributed by atoms with Crippen LogP contribution in [0.4, 0.5) is 0 Å². The monoisotopic (exact) mass is 178 g/mol. The zero-order valence-electron chi connectivity index (χ0n) is 7.48. The number of hydrogen-bond donors (Lipinski definition) is 1. The van der Waals surface area contributed by atoms with E-state index in [2.05, 4.69) is 4.98 Å². The van der Waals surface area contributed by atoms with Crippen LogP contribution >= 0.6 is 0 Å². The topological polar surface area (TPSA) is 84.7 Å². The smallest absolute Gasteiger partial charge is 0.268 e. The summed E-state index contributed by atoms with van der Waals surface area (Å²) in [5.74, 6) is 0.0369. The Bertz CT molecular complexity index is 374. The summed E-state index contributed by atoms with van der Waals surface area (Å²) in [4.78, 5) is 14.7. The Morgan fingerprint density at radius 1 is 1.85 bits per heavy atom. The van der Waals surface area contributed by atoms with Crippen LogP contribution in [0.1, 0.15) is 29.3 Å². The van der Waals surface area contributed by atoms with Gasteiger partial charge in [-0.2, -0.15) is 5.26 Å². The summed E-state index contributed by atoms with van der Waals surface area (Å²) in [5.41, 5.74) is 5.23. The maximum Gasteiger partial charge on any atom is 0.268 e. The van der Waals surface area contributed by atoms with Crippen LogP contribution in [0.5, 0.6) is 0 Å². The molecule has 5 nitrogen and oxygen atoms in total. The van der Waals surface area contributed by atoms with Crippen molar-refractivity contribution >= 4 is 5.91 Å². The Balaban J connectivity index is 3.12. The molecular formula is C8H10N4O. The highest BCUT2D eigenvalue weighted by atomic mass is 16.1. The molecule has 0 bridgehead atoms. The van der Waals surface area contributed by atoms with E-state index in [1.807, 2.05) is 6.07 Å². The molecule has 0 saturated carbocycles. The van der Waals surface area contributed by atoms with Crippen LogP contribution in [0, 0.1) is 18.3 Å². The van der Waals surface area contributed by atoms with E-state index in [-0.39, 0.29) is 11.7 Å². The van der Waals surface area contributed by atoms with Crippen LogP contribution in [0.25, 0.3) is 0 Å². The third-order valence-electron chi connectivity index (χ3n) is 1.77. The van der Waals surface area contributed by atoms with Gasteiger partial charge in [0.2, 0.25) is 0 Å². The predicted octanol–water partition coefficient (Wildman–Crippen LogP) is 0.375. The second-order valence-corrected chi connectivity index (χ2v) is 2.75. The molecule has 0 aliphatic carbocycles. The van der Waals surface area contributed by atoms with Gasteiger partial charge in [-0.05, 0) is 13.8 Å². The number of nitrogens with zero attached hydrogens (tertiary/aromatic N) is 3. The molecule has 0 aromatic carbocycles. The van der Waals surface area contributed by atoms with Gasteiger partial charge in [0, 0.05) is 6.20 Å². The zero-order valence-corrected chi connectivity index (χ0v) is 7.48. The van der Waals surface area contributed by atoms with E-state index in [0.29, 0.717) is 5.82 Å². The van der Waals surface area contributed by atoms with E-state index in [1.165, 1.54) is 6.20 Å². The first-order valence-electron chi connectivity index (χ1n) is 3.81. The molecule has 1 rings (SSSR count). The summed E-state index contributed by atoms with van der Waals surface area (Å²) in [5, 5.41) is 8.65. The van der Waals surface area contributed by atoms with Gasteiger partial charge in [-0.25, -0.2) is 4.98 Å². The number of aryl methyl sites for hydroxylation is 1. The molecule has 5 heteroatoms. The Kier molecular flexibility index (Phi) is 2.33. The predicted molar refractivity (Wildman–Crippen MR) is 45.8 cm³/mol. The third kappa shape index (κ3) is 1.67. The van der Waals surface area contributed by atoms with Crippen molar-refractivity contribution in [1.82, 2.24) is 9.55 Å². The SMILES string of the molecule is Cc1nc(C(N)=O)cn1C(C)C#N. The lowest BCUT2D eigenvalue weighted by Gasteiger charge is -2.04. The first-order valence-corrected chi connectivity index (χ1v) is 3.81. The fraction of sp³-hybridized carbons (Fsp3) is 0.375. The normalized spacial score (nSPS) is 12.1. The number of primary amides is 1. The number of nitriles is 1. The summed E-state index contributed by atoms with van der Waals surface area (Å²) in [6, 6.07) is 1.71. The van der Waals surface area contributed by atoms with Gasteiger partial charge in [0.05, 0.1) is 6.07 Å². The molecule has 68 valence electrons. The molecule has 1 aromatic heterocycles. The molecule has 0 spiro atoms. The van der Waals surface area contributed by atoms with Crippen LogP contribution in [0.2, 0.25) is 0 Å². The van der Waals surface area contributed by atoms with Crippen LogP contribution in [-0.2, 0) is 0 Å². The van der Waals surface area contributed by atoms with Gasteiger partial charge in [-0.15, -0.1) is 0 Å². The number of amides is 1. The Morgan fingerprint density at radius 3 is 2.85 bits per heavy atom. The van der Waals surface area contributed by atoms with Crippen molar-refractivity contribution in [2.75, 3.05) is 0 Å². The first-order chi connectivity index (χ1) is 6.06. The van der Waals surface area contributed by atoms with Gasteiger partial charge >= 0.3 is 0 Å². The highest BCUT2D eigenvalue weighted by Gasteiger charge is 2.11. The van der Waals surface area contributed by atoms with Gasteiger partial charge < -0.3 is 10.3 Å². The minimum atomic E-state index is -0.577. The highest BCUT2D eigenvalue weighted by molar-refractivity contribution is 5.90. The molecule has 0 aliphatic heterocycles. The molecule has 0 fully saturated rings. The molecule has 2 N–H and O–H groups in total. The lowest BCUT2D eigenvalue weighted by atomic mass is 10.3. The van der Waals surface area contributed by atoms with Crippen LogP contribution in [0.3, 0.4) is 0 Å². The molecule has 0 aliphatic rings. The van der Waals surface area contributed by atoms with E-state index in [4.69, 9.17) is 11.0 Å². The second kappa shape index (κ2) is 3.27. The molecule has 1 heterocycles. The average Bonchev–Trinajstić information content (AvgIpc) is 2.46. The van der Waals surface area contributed by atoms with E-state index in [1.54, 1.807) is 18.4 Å². The van der Waals surface area contributed by atoms with E-state index < -0.39 is 5.91 Å². The largest absolute Gasteiger partial charge is 0.364 e. The number of hydrogen-bond acceptors (Lipinski definition) is 3. The van der Waals surface area contributed by atoms with Crippen molar-refractivity contribution in [3.63, 3.8) is 0 Å². The molecule has 1 unspecified atom stereocenters. The van der Waals surface area contributed by atoms with Crippen molar-refractivity contribution in [2.24, 2.45) is 5.73 Å². The molecule has 1 aromatic rings. The minimum absolute atomic E-state index is 0.194. The molecule has 1 atom stereocenters. The lowest BCUT2D eigenvalue weighted by molar-refractivity contribution is 0.0996. The second-order valence-electron chi connectivity index (χ2n) is 2.75. The van der Waals surface area contributed by atoms with Gasteiger partial charge in [-0.3, -0.25) is 4.79 Å². The summed E-state index contributed by atoms with van der Waals surface area (Å²) in [7, 11) is 0. The summed E-state index contributed by atoms with van der Waals surface area (Å²) in [6.45, 7) is 3.44. The lowest BCUT2D eigenvalue weighted by Crippen LogP contribution is -2.11. The Hall–Kier alpha value is -1.83. The number of rotatable bonds is 2. The Labute approximate surface area is 75.8 Å². The van der Waals surface area contributed by atoms with Crippen LogP contribution in [-0.4, -0.2) is 15.5 Å². The van der Waals surface area contributed by atoms with Gasteiger partial charge in [-0.1, -0.05) is 0 Å². The summed E-state index contributed by atoms with van der Waals surface area (Å²) >= 11 is 0. The number of imidazole rings is 1. The van der Waals surface area contributed by atoms with Gasteiger partial charge in [0.1, 0.15) is 17.6 Å². The number of carbonyl (C=O) groups excluding carboxylic acids is 1. The first kappa shape index (κ1) is 9.26. The summed E-state index contributed by atoms with van der Waals surface area (Å²) in [6.07, 6.45) is 1.49. The molecular weight excluding hydrogens is 168 g/mol. The quantitative estimate of drug-likeness (QED) is 0.710. The van der Waals surface area contributed by atoms with E-state index in [0.717, 1.165) is 0 Å². The highest BCUT2D eigenvalue weighted by Crippen LogP contribution is 2.09. The molecule has 0 radical (unpaired) electrons. The molecule has 13 heavy (non-hydrogen) atoms. The number of nitrogens with two attached hydrogens (primary N) is 1. The maximum atomic E-state index is 10.7.